The molecule has 0 spiro atoms. The molecule has 0 saturated carbocycles. The van der Waals surface area contributed by atoms with Crippen molar-refractivity contribution in [2.45, 2.75) is 11.5 Å². The maximum Gasteiger partial charge on any atom is 0.242 e. The third-order valence-corrected chi connectivity index (χ3v) is 3.95. The third-order valence-electron chi connectivity index (χ3n) is 2.53. The smallest absolute Gasteiger partial charge is 0.242 e. The first-order valence-corrected chi connectivity index (χ1v) is 7.32. The summed E-state index contributed by atoms with van der Waals surface area (Å²) in [5.41, 5.74) is 0.539. The maximum absolute atomic E-state index is 11.9. The van der Waals surface area contributed by atoms with Crippen LogP contribution in [-0.2, 0) is 33.2 Å². The zero-order valence-electron chi connectivity index (χ0n) is 11.1. The van der Waals surface area contributed by atoms with Gasteiger partial charge in [-0.1, -0.05) is 0 Å². The average molecular weight is 292 g/mol. The number of nitrogens with one attached hydrogen (secondary N) is 1. The molecule has 8 heteroatoms. The molecule has 0 aliphatic rings. The van der Waals surface area contributed by atoms with Gasteiger partial charge in [-0.25, -0.2) is 13.1 Å². The van der Waals surface area contributed by atoms with Crippen LogP contribution in [0, 0.1) is 0 Å². The number of ether oxygens (including phenoxy) is 2. The molecule has 7 nitrogen and oxygen atoms in total. The average Bonchev–Trinajstić information content (AvgIpc) is 2.76. The molecule has 0 fully saturated rings. The third kappa shape index (κ3) is 4.92. The summed E-state index contributed by atoms with van der Waals surface area (Å²) in [6.45, 7) is 1.17. The molecule has 1 aromatic heterocycles. The van der Waals surface area contributed by atoms with Gasteiger partial charge in [-0.05, 0) is 6.07 Å². The first-order valence-electron chi connectivity index (χ1n) is 5.83. The number of rotatable bonds is 9. The van der Waals surface area contributed by atoms with Crippen LogP contribution in [0.1, 0.15) is 5.69 Å². The van der Waals surface area contributed by atoms with E-state index >= 15 is 0 Å². The Balaban J connectivity index is 2.47. The molecule has 0 amide bonds. The minimum atomic E-state index is -3.56. The molecule has 110 valence electrons. The van der Waals surface area contributed by atoms with Crippen molar-refractivity contribution in [2.75, 3.05) is 33.5 Å². The van der Waals surface area contributed by atoms with Gasteiger partial charge in [-0.3, -0.25) is 0 Å². The highest BCUT2D eigenvalue weighted by Crippen LogP contribution is 2.12. The van der Waals surface area contributed by atoms with Gasteiger partial charge in [0.05, 0.1) is 31.3 Å². The molecule has 1 heterocycles. The fourth-order valence-electron chi connectivity index (χ4n) is 1.46. The van der Waals surface area contributed by atoms with E-state index in [4.69, 9.17) is 14.6 Å². The summed E-state index contributed by atoms with van der Waals surface area (Å²) in [6, 6.07) is 1.44. The maximum atomic E-state index is 11.9. The number of aromatic nitrogens is 1. The topological polar surface area (TPSA) is 89.8 Å². The number of hydrogen-bond acceptors (Lipinski definition) is 5. The van der Waals surface area contributed by atoms with E-state index in [2.05, 4.69) is 4.72 Å². The highest BCUT2D eigenvalue weighted by molar-refractivity contribution is 7.89. The van der Waals surface area contributed by atoms with Crippen molar-refractivity contribution in [3.8, 4) is 0 Å². The standard InChI is InChI=1S/C11H20N2O5S/c1-13-8-11(7-10(13)9-14)19(15,16)12-3-4-18-6-5-17-2/h7-8,12,14H,3-6,9H2,1-2H3. The lowest BCUT2D eigenvalue weighted by Gasteiger charge is -2.05. The van der Waals surface area contributed by atoms with E-state index in [-0.39, 0.29) is 24.7 Å². The van der Waals surface area contributed by atoms with Crippen LogP contribution >= 0.6 is 0 Å². The Bertz CT molecular complexity index is 483. The Labute approximate surface area is 113 Å². The molecule has 0 aliphatic heterocycles. The van der Waals surface area contributed by atoms with Gasteiger partial charge < -0.3 is 19.1 Å². The normalized spacial score (nSPS) is 11.9. The Morgan fingerprint density at radius 3 is 2.68 bits per heavy atom. The van der Waals surface area contributed by atoms with Gasteiger partial charge in [0.1, 0.15) is 0 Å². The molecule has 1 aromatic rings. The molecule has 19 heavy (non-hydrogen) atoms. The molecule has 2 N–H and O–H groups in total. The predicted octanol–water partition coefficient (Wildman–Crippen LogP) is -0.541. The van der Waals surface area contributed by atoms with E-state index in [0.717, 1.165) is 0 Å². The number of hydrogen-bond donors (Lipinski definition) is 2. The number of methoxy groups -OCH3 is 1. The van der Waals surface area contributed by atoms with E-state index < -0.39 is 10.0 Å². The SMILES string of the molecule is COCCOCCNS(=O)(=O)c1cc(CO)n(C)c1. The minimum absolute atomic E-state index is 0.135. The molecule has 0 saturated heterocycles. The van der Waals surface area contributed by atoms with Crippen molar-refractivity contribution in [1.82, 2.24) is 9.29 Å². The fourth-order valence-corrected chi connectivity index (χ4v) is 2.56. The Morgan fingerprint density at radius 2 is 2.11 bits per heavy atom. The van der Waals surface area contributed by atoms with Gasteiger partial charge in [-0.15, -0.1) is 0 Å². The number of aliphatic hydroxyl groups is 1. The summed E-state index contributed by atoms with van der Waals surface area (Å²) >= 11 is 0. The Kier molecular flexibility index (Phi) is 6.46. The largest absolute Gasteiger partial charge is 0.390 e. The molecule has 0 aliphatic carbocycles. The summed E-state index contributed by atoms with van der Waals surface area (Å²) < 4.78 is 37.8. The van der Waals surface area contributed by atoms with Crippen LogP contribution in [0.5, 0.6) is 0 Å². The van der Waals surface area contributed by atoms with Gasteiger partial charge in [-0.2, -0.15) is 0 Å². The second kappa shape index (κ2) is 7.61. The highest BCUT2D eigenvalue weighted by atomic mass is 32.2. The monoisotopic (exact) mass is 292 g/mol. The Morgan fingerprint density at radius 1 is 1.37 bits per heavy atom. The van der Waals surface area contributed by atoms with Crippen molar-refractivity contribution < 1.29 is 23.0 Å². The first-order chi connectivity index (χ1) is 9.01. The molecular formula is C11H20N2O5S. The summed E-state index contributed by atoms with van der Waals surface area (Å²) in [7, 11) is -0.309. The molecular weight excluding hydrogens is 272 g/mol. The van der Waals surface area contributed by atoms with Crippen molar-refractivity contribution in [3.05, 3.63) is 18.0 Å². The van der Waals surface area contributed by atoms with Crippen LogP contribution in [0.3, 0.4) is 0 Å². The predicted molar refractivity (Wildman–Crippen MR) is 69.2 cm³/mol. The number of aliphatic hydroxyl groups excluding tert-OH is 1. The second-order valence-electron chi connectivity index (χ2n) is 3.94. The fraction of sp³-hybridized carbons (Fsp3) is 0.636. The van der Waals surface area contributed by atoms with Gasteiger partial charge >= 0.3 is 0 Å². The lowest BCUT2D eigenvalue weighted by Crippen LogP contribution is -2.27. The number of aryl methyl sites for hydroxylation is 1. The summed E-state index contributed by atoms with van der Waals surface area (Å²) in [5, 5.41) is 9.03. The van der Waals surface area contributed by atoms with E-state index in [1.165, 1.54) is 12.3 Å². The van der Waals surface area contributed by atoms with Crippen LogP contribution in [0.15, 0.2) is 17.2 Å². The van der Waals surface area contributed by atoms with Crippen LogP contribution < -0.4 is 4.72 Å². The van der Waals surface area contributed by atoms with Gasteiger partial charge in [0.15, 0.2) is 0 Å². The zero-order chi connectivity index (χ0) is 14.3. The van der Waals surface area contributed by atoms with Crippen molar-refractivity contribution in [1.29, 1.82) is 0 Å². The highest BCUT2D eigenvalue weighted by Gasteiger charge is 2.16. The van der Waals surface area contributed by atoms with Gasteiger partial charge in [0.2, 0.25) is 10.0 Å². The first kappa shape index (κ1) is 16.1. The van der Waals surface area contributed by atoms with Gasteiger partial charge in [0.25, 0.3) is 0 Å². The van der Waals surface area contributed by atoms with E-state index in [1.54, 1.807) is 18.7 Å². The second-order valence-corrected chi connectivity index (χ2v) is 5.71. The van der Waals surface area contributed by atoms with E-state index in [1.807, 2.05) is 0 Å². The quantitative estimate of drug-likeness (QED) is 0.597. The van der Waals surface area contributed by atoms with Gasteiger partial charge in [0, 0.05) is 32.6 Å². The molecule has 0 atom stereocenters. The van der Waals surface area contributed by atoms with Crippen LogP contribution in [-0.4, -0.2) is 51.6 Å². The minimum Gasteiger partial charge on any atom is -0.390 e. The molecule has 0 radical (unpaired) electrons. The lowest BCUT2D eigenvalue weighted by atomic mass is 10.5. The zero-order valence-corrected chi connectivity index (χ0v) is 11.9. The lowest BCUT2D eigenvalue weighted by molar-refractivity contribution is 0.0736. The van der Waals surface area contributed by atoms with Crippen LogP contribution in [0.25, 0.3) is 0 Å². The van der Waals surface area contributed by atoms with E-state index in [0.29, 0.717) is 18.9 Å². The van der Waals surface area contributed by atoms with E-state index in [9.17, 15) is 8.42 Å². The van der Waals surface area contributed by atoms with Crippen molar-refractivity contribution >= 4 is 10.0 Å². The van der Waals surface area contributed by atoms with Crippen molar-refractivity contribution in [2.24, 2.45) is 7.05 Å². The van der Waals surface area contributed by atoms with Crippen LogP contribution in [0.4, 0.5) is 0 Å². The number of nitrogens with zero attached hydrogens (tertiary/aromatic N) is 1. The summed E-state index contributed by atoms with van der Waals surface area (Å²) in [4.78, 5) is 0.135. The summed E-state index contributed by atoms with van der Waals surface area (Å²) in [6.07, 6.45) is 1.46. The van der Waals surface area contributed by atoms with Crippen LogP contribution in [0.2, 0.25) is 0 Å². The molecule has 1 rings (SSSR count). The number of sulfonamides is 1. The Hall–Kier alpha value is -0.930. The van der Waals surface area contributed by atoms with Crippen molar-refractivity contribution in [3.63, 3.8) is 0 Å². The summed E-state index contributed by atoms with van der Waals surface area (Å²) in [5.74, 6) is 0. The molecule has 0 unspecified atom stereocenters. The molecule has 0 bridgehead atoms. The molecule has 0 aromatic carbocycles.